The number of likely N-dealkylation sites (tertiary alicyclic amines) is 1. The monoisotopic (exact) mass is 459 g/mol. The second kappa shape index (κ2) is 10.1. The Kier molecular flexibility index (Phi) is 7.22. The molecule has 0 radical (unpaired) electrons. The minimum atomic E-state index is -1.49. The molecule has 1 aromatic heterocycles. The van der Waals surface area contributed by atoms with E-state index in [0.29, 0.717) is 0 Å². The third kappa shape index (κ3) is 5.66. The van der Waals surface area contributed by atoms with E-state index < -0.39 is 29.1 Å². The highest BCUT2D eigenvalue weighted by Gasteiger charge is 2.37. The molecule has 4 rings (SSSR count). The summed E-state index contributed by atoms with van der Waals surface area (Å²) in [5.41, 5.74) is -1.13. The van der Waals surface area contributed by atoms with Crippen LogP contribution in [0.5, 0.6) is 0 Å². The molecule has 1 saturated heterocycles. The second-order valence-corrected chi connectivity index (χ2v) is 9.48. The molecule has 1 N–H and O–H groups in total. The molecule has 1 unspecified atom stereocenters. The van der Waals surface area contributed by atoms with Crippen LogP contribution in [0.1, 0.15) is 51.4 Å². The van der Waals surface area contributed by atoms with Crippen LogP contribution in [0.25, 0.3) is 11.3 Å². The van der Waals surface area contributed by atoms with Crippen molar-refractivity contribution in [1.82, 2.24) is 14.5 Å². The molecule has 2 heterocycles. The number of hydrogen-bond acceptors (Lipinski definition) is 4. The quantitative estimate of drug-likeness (QED) is 0.715. The Labute approximate surface area is 192 Å². The normalized spacial score (nSPS) is 19.9. The minimum absolute atomic E-state index is 0.0134. The number of benzene rings is 1. The van der Waals surface area contributed by atoms with Gasteiger partial charge in [-0.1, -0.05) is 44.2 Å². The van der Waals surface area contributed by atoms with Crippen molar-refractivity contribution in [2.75, 3.05) is 13.1 Å². The zero-order chi connectivity index (χ0) is 23.4. The van der Waals surface area contributed by atoms with Crippen molar-refractivity contribution in [2.45, 2.75) is 69.7 Å². The van der Waals surface area contributed by atoms with Crippen molar-refractivity contribution in [3.8, 4) is 11.3 Å². The highest BCUT2D eigenvalue weighted by molar-refractivity contribution is 5.80. The van der Waals surface area contributed by atoms with Gasteiger partial charge in [-0.15, -0.1) is 0 Å². The van der Waals surface area contributed by atoms with Crippen molar-refractivity contribution >= 4 is 5.91 Å². The fraction of sp³-hybridized carbons (Fsp3) is 0.560. The standard InChI is InChI=1S/C25H31F2N3O3/c26-20-9-5-4-8-19(20)22-15-23(31)30(17-28-22)16-25(33)10-12-29(13-11-25)24(32)21(27)14-18-6-2-1-3-7-18/h4-5,8-9,15,17-18,21,33H,1-3,6-7,10-14,16H2. The van der Waals surface area contributed by atoms with Crippen LogP contribution >= 0.6 is 0 Å². The van der Waals surface area contributed by atoms with Crippen molar-refractivity contribution in [2.24, 2.45) is 5.92 Å². The van der Waals surface area contributed by atoms with Gasteiger partial charge < -0.3 is 10.0 Å². The number of carbonyl (C=O) groups excluding carboxylic acids is 1. The minimum Gasteiger partial charge on any atom is -0.388 e. The first kappa shape index (κ1) is 23.5. The van der Waals surface area contributed by atoms with Gasteiger partial charge in [-0.25, -0.2) is 13.8 Å². The molecule has 1 aliphatic heterocycles. The second-order valence-electron chi connectivity index (χ2n) is 9.48. The van der Waals surface area contributed by atoms with E-state index in [9.17, 15) is 23.5 Å². The Bertz CT molecular complexity index is 1030. The number of carbonyl (C=O) groups is 1. The third-order valence-electron chi connectivity index (χ3n) is 7.03. The molecule has 178 valence electrons. The van der Waals surface area contributed by atoms with Crippen molar-refractivity contribution in [1.29, 1.82) is 0 Å². The lowest BCUT2D eigenvalue weighted by Crippen LogP contribution is -2.51. The van der Waals surface area contributed by atoms with Gasteiger partial charge >= 0.3 is 0 Å². The van der Waals surface area contributed by atoms with E-state index in [0.717, 1.165) is 25.7 Å². The first-order valence-corrected chi connectivity index (χ1v) is 11.8. The number of alkyl halides is 1. The molecule has 2 aliphatic rings. The molecule has 0 bridgehead atoms. The van der Waals surface area contributed by atoms with E-state index >= 15 is 0 Å². The Hall–Kier alpha value is -2.61. The molecule has 0 spiro atoms. The number of amides is 1. The lowest BCUT2D eigenvalue weighted by molar-refractivity contribution is -0.142. The van der Waals surface area contributed by atoms with Gasteiger partial charge in [0.15, 0.2) is 6.17 Å². The lowest BCUT2D eigenvalue weighted by Gasteiger charge is -2.39. The van der Waals surface area contributed by atoms with Gasteiger partial charge in [0.05, 0.1) is 24.2 Å². The maximum Gasteiger partial charge on any atom is 0.257 e. The first-order chi connectivity index (χ1) is 15.8. The summed E-state index contributed by atoms with van der Waals surface area (Å²) < 4.78 is 29.9. The Morgan fingerprint density at radius 1 is 1.18 bits per heavy atom. The number of hydrogen-bond donors (Lipinski definition) is 1. The average Bonchev–Trinajstić information content (AvgIpc) is 2.81. The van der Waals surface area contributed by atoms with Crippen molar-refractivity contribution in [3.05, 3.63) is 52.8 Å². The number of aromatic nitrogens is 2. The average molecular weight is 460 g/mol. The summed E-state index contributed by atoms with van der Waals surface area (Å²) in [4.78, 5) is 30.8. The van der Waals surface area contributed by atoms with Gasteiger partial charge in [0.2, 0.25) is 0 Å². The van der Waals surface area contributed by atoms with Gasteiger partial charge in [0.1, 0.15) is 5.82 Å². The van der Waals surface area contributed by atoms with Crippen LogP contribution in [0.4, 0.5) is 8.78 Å². The predicted octanol–water partition coefficient (Wildman–Crippen LogP) is 3.71. The number of nitrogens with zero attached hydrogens (tertiary/aromatic N) is 3. The van der Waals surface area contributed by atoms with Gasteiger partial charge in [-0.2, -0.15) is 0 Å². The summed E-state index contributed by atoms with van der Waals surface area (Å²) in [6.07, 6.45) is 5.99. The van der Waals surface area contributed by atoms with E-state index in [4.69, 9.17) is 0 Å². The molecule has 2 aromatic rings. The SMILES string of the molecule is O=C(C(F)CC1CCCCC1)N1CCC(O)(Cn2cnc(-c3ccccc3F)cc2=O)CC1. The molecule has 1 saturated carbocycles. The predicted molar refractivity (Wildman–Crippen MR) is 121 cm³/mol. The van der Waals surface area contributed by atoms with Crippen LogP contribution in [0.15, 0.2) is 41.5 Å². The molecule has 1 aliphatic carbocycles. The van der Waals surface area contributed by atoms with Crippen LogP contribution in [-0.4, -0.2) is 50.3 Å². The lowest BCUT2D eigenvalue weighted by atomic mass is 9.85. The zero-order valence-electron chi connectivity index (χ0n) is 18.8. The van der Waals surface area contributed by atoms with Gasteiger partial charge in [-0.3, -0.25) is 14.2 Å². The van der Waals surface area contributed by atoms with Crippen LogP contribution in [-0.2, 0) is 11.3 Å². The summed E-state index contributed by atoms with van der Waals surface area (Å²) in [5.74, 6) is -0.672. The smallest absolute Gasteiger partial charge is 0.257 e. The number of piperidine rings is 1. The number of rotatable bonds is 6. The van der Waals surface area contributed by atoms with E-state index in [2.05, 4.69) is 4.98 Å². The fourth-order valence-corrected chi connectivity index (χ4v) is 4.99. The maximum atomic E-state index is 14.6. The highest BCUT2D eigenvalue weighted by Crippen LogP contribution is 2.30. The molecular formula is C25H31F2N3O3. The molecule has 2 fully saturated rings. The molecule has 1 atom stereocenters. The Balaban J connectivity index is 1.34. The van der Waals surface area contributed by atoms with Crippen LogP contribution in [0.2, 0.25) is 0 Å². The van der Waals surface area contributed by atoms with Gasteiger partial charge in [0, 0.05) is 24.7 Å². The van der Waals surface area contributed by atoms with Crippen LogP contribution in [0.3, 0.4) is 0 Å². The van der Waals surface area contributed by atoms with E-state index in [1.165, 1.54) is 34.3 Å². The summed E-state index contributed by atoms with van der Waals surface area (Å²) in [5, 5.41) is 11.0. The third-order valence-corrected chi connectivity index (χ3v) is 7.03. The molecule has 1 amide bonds. The summed E-state index contributed by atoms with van der Waals surface area (Å²) >= 11 is 0. The Morgan fingerprint density at radius 3 is 2.55 bits per heavy atom. The highest BCUT2D eigenvalue weighted by atomic mass is 19.1. The van der Waals surface area contributed by atoms with Gasteiger partial charge in [-0.05, 0) is 37.3 Å². The van der Waals surface area contributed by atoms with Crippen LogP contribution < -0.4 is 5.56 Å². The van der Waals surface area contributed by atoms with E-state index in [1.807, 2.05) is 0 Å². The summed E-state index contributed by atoms with van der Waals surface area (Å²) in [6, 6.07) is 7.33. The Morgan fingerprint density at radius 2 is 1.88 bits per heavy atom. The van der Waals surface area contributed by atoms with Crippen molar-refractivity contribution in [3.63, 3.8) is 0 Å². The van der Waals surface area contributed by atoms with Gasteiger partial charge in [0.25, 0.3) is 11.5 Å². The maximum absolute atomic E-state index is 14.6. The molecule has 8 heteroatoms. The number of halogens is 2. The van der Waals surface area contributed by atoms with Crippen LogP contribution in [0, 0.1) is 11.7 Å². The largest absolute Gasteiger partial charge is 0.388 e. The summed E-state index contributed by atoms with van der Waals surface area (Å²) in [6.45, 7) is 0.505. The fourth-order valence-electron chi connectivity index (χ4n) is 4.99. The van der Waals surface area contributed by atoms with E-state index in [-0.39, 0.29) is 56.1 Å². The molecule has 1 aromatic carbocycles. The summed E-state index contributed by atoms with van der Waals surface area (Å²) in [7, 11) is 0. The topological polar surface area (TPSA) is 75.4 Å². The number of aliphatic hydroxyl groups is 1. The first-order valence-electron chi connectivity index (χ1n) is 11.8. The molecule has 33 heavy (non-hydrogen) atoms. The molecular weight excluding hydrogens is 428 g/mol. The molecule has 6 nitrogen and oxygen atoms in total. The van der Waals surface area contributed by atoms with Crippen molar-refractivity contribution < 1.29 is 18.7 Å². The van der Waals surface area contributed by atoms with E-state index in [1.54, 1.807) is 18.2 Å². The zero-order valence-corrected chi connectivity index (χ0v) is 18.8.